The molecule has 3 aliphatic rings. The van der Waals surface area contributed by atoms with E-state index in [0.717, 1.165) is 25.7 Å². The molecule has 4 heteroatoms. The number of allylic oxidation sites excluding steroid dienone is 1. The molecule has 0 aromatic carbocycles. The van der Waals surface area contributed by atoms with E-state index in [2.05, 4.69) is 13.2 Å². The Morgan fingerprint density at radius 1 is 1.29 bits per heavy atom. The van der Waals surface area contributed by atoms with E-state index in [1.54, 1.807) is 0 Å². The van der Waals surface area contributed by atoms with E-state index in [9.17, 15) is 9.59 Å². The van der Waals surface area contributed by atoms with Crippen molar-refractivity contribution in [2.45, 2.75) is 38.7 Å². The lowest BCUT2D eigenvalue weighted by molar-refractivity contribution is -0.147. The summed E-state index contributed by atoms with van der Waals surface area (Å²) in [7, 11) is 0. The number of hydrogen-bond donors (Lipinski definition) is 0. The number of hydrogen-bond acceptors (Lipinski definition) is 4. The molecule has 0 aromatic rings. The fourth-order valence-electron chi connectivity index (χ4n) is 4.34. The Morgan fingerprint density at radius 2 is 2.05 bits per heavy atom. The summed E-state index contributed by atoms with van der Waals surface area (Å²) in [4.78, 5) is 23.0. The molecule has 2 saturated carbocycles. The zero-order valence-electron chi connectivity index (χ0n) is 12.5. The van der Waals surface area contributed by atoms with Gasteiger partial charge in [-0.3, -0.25) is 4.79 Å². The molecule has 0 bridgehead atoms. The van der Waals surface area contributed by atoms with Crippen molar-refractivity contribution in [3.8, 4) is 0 Å². The number of rotatable bonds is 2. The summed E-state index contributed by atoms with van der Waals surface area (Å²) in [5, 5.41) is 0. The Bertz CT molecular complexity index is 507. The van der Waals surface area contributed by atoms with Gasteiger partial charge in [-0.15, -0.1) is 0 Å². The average molecular weight is 290 g/mol. The molecule has 5 atom stereocenters. The third-order valence-corrected chi connectivity index (χ3v) is 5.39. The Balaban J connectivity index is 1.85. The van der Waals surface area contributed by atoms with Gasteiger partial charge >= 0.3 is 11.9 Å². The topological polar surface area (TPSA) is 52.6 Å². The fraction of sp³-hybridized carbons (Fsp3) is 0.647. The van der Waals surface area contributed by atoms with Gasteiger partial charge in [-0.25, -0.2) is 4.79 Å². The average Bonchev–Trinajstić information content (AvgIpc) is 2.93. The zero-order chi connectivity index (χ0) is 15.1. The SMILES string of the molecule is C=C1C(=O)O[C@@H]2[C@H]3[C@H](COC(C)=O)CC[C@H]3C(=C)CC[C@@H]12. The summed E-state index contributed by atoms with van der Waals surface area (Å²) in [6.45, 7) is 9.99. The van der Waals surface area contributed by atoms with E-state index in [0.29, 0.717) is 18.1 Å². The van der Waals surface area contributed by atoms with Gasteiger partial charge in [0.15, 0.2) is 0 Å². The van der Waals surface area contributed by atoms with Crippen LogP contribution >= 0.6 is 0 Å². The van der Waals surface area contributed by atoms with Crippen molar-refractivity contribution < 1.29 is 19.1 Å². The first kappa shape index (κ1) is 14.4. The van der Waals surface area contributed by atoms with Crippen molar-refractivity contribution in [2.24, 2.45) is 23.7 Å². The number of carbonyl (C=O) groups excluding carboxylic acids is 2. The van der Waals surface area contributed by atoms with Gasteiger partial charge in [-0.1, -0.05) is 18.7 Å². The van der Waals surface area contributed by atoms with Gasteiger partial charge in [-0.2, -0.15) is 0 Å². The molecule has 3 rings (SSSR count). The first-order chi connectivity index (χ1) is 9.99. The van der Waals surface area contributed by atoms with Crippen molar-refractivity contribution in [3.05, 3.63) is 24.3 Å². The zero-order valence-corrected chi connectivity index (χ0v) is 12.5. The molecule has 3 fully saturated rings. The molecule has 1 heterocycles. The third kappa shape index (κ3) is 2.41. The van der Waals surface area contributed by atoms with Crippen LogP contribution < -0.4 is 0 Å². The van der Waals surface area contributed by atoms with E-state index >= 15 is 0 Å². The summed E-state index contributed by atoms with van der Waals surface area (Å²) < 4.78 is 10.9. The quantitative estimate of drug-likeness (QED) is 0.446. The van der Waals surface area contributed by atoms with E-state index in [1.165, 1.54) is 12.5 Å². The highest BCUT2D eigenvalue weighted by molar-refractivity contribution is 5.90. The fourth-order valence-corrected chi connectivity index (χ4v) is 4.34. The molecular formula is C17H22O4. The lowest BCUT2D eigenvalue weighted by atomic mass is 9.79. The van der Waals surface area contributed by atoms with Crippen LogP contribution in [0.3, 0.4) is 0 Å². The van der Waals surface area contributed by atoms with Gasteiger partial charge in [0.25, 0.3) is 0 Å². The van der Waals surface area contributed by atoms with Crippen LogP contribution in [0.5, 0.6) is 0 Å². The van der Waals surface area contributed by atoms with Gasteiger partial charge in [0.2, 0.25) is 0 Å². The molecule has 2 aliphatic carbocycles. The maximum absolute atomic E-state index is 11.9. The normalized spacial score (nSPS) is 38.5. The van der Waals surface area contributed by atoms with E-state index in [-0.39, 0.29) is 35.8 Å². The molecule has 0 unspecified atom stereocenters. The Labute approximate surface area is 125 Å². The molecule has 0 N–H and O–H groups in total. The van der Waals surface area contributed by atoms with Gasteiger partial charge in [0.05, 0.1) is 6.61 Å². The number of carbonyl (C=O) groups is 2. The van der Waals surface area contributed by atoms with Crippen LogP contribution in [0.1, 0.15) is 32.6 Å². The highest BCUT2D eigenvalue weighted by atomic mass is 16.6. The summed E-state index contributed by atoms with van der Waals surface area (Å²) in [6, 6.07) is 0. The molecule has 0 radical (unpaired) electrons. The maximum atomic E-state index is 11.9. The van der Waals surface area contributed by atoms with E-state index in [4.69, 9.17) is 9.47 Å². The molecule has 1 saturated heterocycles. The number of fused-ring (bicyclic) bond motifs is 3. The summed E-state index contributed by atoms with van der Waals surface area (Å²) in [5.74, 6) is 0.429. The minimum Gasteiger partial charge on any atom is -0.466 e. The lowest BCUT2D eigenvalue weighted by Gasteiger charge is -2.30. The lowest BCUT2D eigenvalue weighted by Crippen LogP contribution is -2.34. The first-order valence-electron chi connectivity index (χ1n) is 7.70. The minimum absolute atomic E-state index is 0.0992. The van der Waals surface area contributed by atoms with E-state index in [1.807, 2.05) is 0 Å². The van der Waals surface area contributed by atoms with Gasteiger partial charge in [-0.05, 0) is 31.6 Å². The van der Waals surface area contributed by atoms with Crippen LogP contribution in [0, 0.1) is 23.7 Å². The van der Waals surface area contributed by atoms with Crippen molar-refractivity contribution >= 4 is 11.9 Å². The predicted molar refractivity (Wildman–Crippen MR) is 77.2 cm³/mol. The van der Waals surface area contributed by atoms with Crippen LogP contribution in [-0.4, -0.2) is 24.6 Å². The Kier molecular flexibility index (Phi) is 3.64. The third-order valence-electron chi connectivity index (χ3n) is 5.39. The first-order valence-corrected chi connectivity index (χ1v) is 7.70. The van der Waals surface area contributed by atoms with Gasteiger partial charge in [0, 0.05) is 30.3 Å². The molecule has 0 spiro atoms. The Morgan fingerprint density at radius 3 is 2.76 bits per heavy atom. The smallest absolute Gasteiger partial charge is 0.334 e. The van der Waals surface area contributed by atoms with Crippen molar-refractivity contribution in [3.63, 3.8) is 0 Å². The highest BCUT2D eigenvalue weighted by Crippen LogP contribution is 2.52. The second-order valence-corrected chi connectivity index (χ2v) is 6.52. The van der Waals surface area contributed by atoms with Crippen LogP contribution in [0.4, 0.5) is 0 Å². The molecule has 0 amide bonds. The second-order valence-electron chi connectivity index (χ2n) is 6.52. The summed E-state index contributed by atoms with van der Waals surface area (Å²) in [5.41, 5.74) is 1.86. The van der Waals surface area contributed by atoms with E-state index < -0.39 is 0 Å². The standard InChI is InChI=1S/C17H22O4/c1-9-4-6-14-10(2)17(19)21-16(14)15-12(5-7-13(9)15)8-20-11(3)18/h12-16H,1-2,4-8H2,3H3/t12-,13-,14-,15-,16-/m0/s1. The monoisotopic (exact) mass is 290 g/mol. The predicted octanol–water partition coefficient (Wildman–Crippen LogP) is 2.64. The number of esters is 2. The molecule has 4 nitrogen and oxygen atoms in total. The van der Waals surface area contributed by atoms with Gasteiger partial charge in [0.1, 0.15) is 6.10 Å². The molecule has 114 valence electrons. The molecule has 0 aromatic heterocycles. The van der Waals surface area contributed by atoms with Gasteiger partial charge < -0.3 is 9.47 Å². The van der Waals surface area contributed by atoms with Crippen LogP contribution in [-0.2, 0) is 19.1 Å². The second kappa shape index (κ2) is 5.32. The molecular weight excluding hydrogens is 268 g/mol. The Hall–Kier alpha value is -1.58. The summed E-state index contributed by atoms with van der Waals surface area (Å²) in [6.07, 6.45) is 3.74. The largest absolute Gasteiger partial charge is 0.466 e. The van der Waals surface area contributed by atoms with Crippen LogP contribution in [0.15, 0.2) is 24.3 Å². The molecule has 21 heavy (non-hydrogen) atoms. The maximum Gasteiger partial charge on any atom is 0.334 e. The van der Waals surface area contributed by atoms with Crippen LogP contribution in [0.25, 0.3) is 0 Å². The highest BCUT2D eigenvalue weighted by Gasteiger charge is 2.52. The van der Waals surface area contributed by atoms with Crippen LogP contribution in [0.2, 0.25) is 0 Å². The summed E-state index contributed by atoms with van der Waals surface area (Å²) >= 11 is 0. The molecule has 1 aliphatic heterocycles. The number of ether oxygens (including phenoxy) is 2. The minimum atomic E-state index is -0.255. The van der Waals surface area contributed by atoms with Crippen molar-refractivity contribution in [1.82, 2.24) is 0 Å². The van der Waals surface area contributed by atoms with Crippen molar-refractivity contribution in [2.75, 3.05) is 6.61 Å². The van der Waals surface area contributed by atoms with Crippen molar-refractivity contribution in [1.29, 1.82) is 0 Å².